The second-order valence-electron chi connectivity index (χ2n) is 5.49. The number of alkyl halides is 3. The van der Waals surface area contributed by atoms with E-state index in [1.807, 2.05) is 13.8 Å². The lowest BCUT2D eigenvalue weighted by molar-refractivity contribution is -0.201. The summed E-state index contributed by atoms with van der Waals surface area (Å²) in [5, 5.41) is 14.4. The number of halogens is 4. The van der Waals surface area contributed by atoms with Gasteiger partial charge in [0.1, 0.15) is 0 Å². The Kier molecular flexibility index (Phi) is 7.71. The molecule has 1 fully saturated rings. The van der Waals surface area contributed by atoms with Crippen molar-refractivity contribution in [2.24, 2.45) is 10.4 Å². The fraction of sp³-hybridized carbons (Fsp3) is 0.917. The zero-order valence-corrected chi connectivity index (χ0v) is 14.8. The maximum Gasteiger partial charge on any atom is 0.416 e. The van der Waals surface area contributed by atoms with Crippen LogP contribution in [0.5, 0.6) is 0 Å². The largest absolute Gasteiger partial charge is 0.416 e. The van der Waals surface area contributed by atoms with Crippen molar-refractivity contribution < 1.29 is 23.0 Å². The van der Waals surface area contributed by atoms with Gasteiger partial charge in [-0.2, -0.15) is 13.2 Å². The van der Waals surface area contributed by atoms with E-state index in [1.54, 1.807) is 7.11 Å². The van der Waals surface area contributed by atoms with E-state index in [4.69, 9.17) is 9.84 Å². The molecule has 0 bridgehead atoms. The Morgan fingerprint density at radius 1 is 1.48 bits per heavy atom. The van der Waals surface area contributed by atoms with Crippen LogP contribution in [0.1, 0.15) is 20.3 Å². The first-order valence-corrected chi connectivity index (χ1v) is 6.37. The number of hydrogen-bond donors (Lipinski definition) is 3. The molecular formula is C12H23F3IN3O2. The van der Waals surface area contributed by atoms with Crippen LogP contribution < -0.4 is 10.6 Å². The van der Waals surface area contributed by atoms with Gasteiger partial charge in [0.15, 0.2) is 12.1 Å². The number of aliphatic hydroxyl groups is 1. The summed E-state index contributed by atoms with van der Waals surface area (Å²) in [4.78, 5) is 3.86. The number of aliphatic hydroxyl groups excluding tert-OH is 1. The summed E-state index contributed by atoms with van der Waals surface area (Å²) < 4.78 is 41.9. The van der Waals surface area contributed by atoms with Crippen molar-refractivity contribution in [1.29, 1.82) is 0 Å². The normalized spacial score (nSPS) is 26.4. The predicted molar refractivity (Wildman–Crippen MR) is 85.0 cm³/mol. The predicted octanol–water partition coefficient (Wildman–Crippen LogP) is 1.51. The third kappa shape index (κ3) is 5.13. The molecule has 0 heterocycles. The number of hydrogen-bond acceptors (Lipinski definition) is 3. The highest BCUT2D eigenvalue weighted by Crippen LogP contribution is 2.42. The molecule has 3 atom stereocenters. The number of ether oxygens (including phenoxy) is 1. The number of guanidine groups is 1. The van der Waals surface area contributed by atoms with Crippen LogP contribution >= 0.6 is 24.0 Å². The fourth-order valence-electron chi connectivity index (χ4n) is 2.20. The molecule has 1 rings (SSSR count). The fourth-order valence-corrected chi connectivity index (χ4v) is 2.20. The molecule has 1 aliphatic rings. The molecule has 3 N–H and O–H groups in total. The molecule has 0 aromatic heterocycles. The van der Waals surface area contributed by atoms with E-state index < -0.39 is 18.8 Å². The summed E-state index contributed by atoms with van der Waals surface area (Å²) in [6.45, 7) is 3.39. The Morgan fingerprint density at radius 3 is 2.43 bits per heavy atom. The lowest BCUT2D eigenvalue weighted by Gasteiger charge is -2.51. The summed E-state index contributed by atoms with van der Waals surface area (Å²) in [5.41, 5.74) is -0.130. The number of nitrogens with zero attached hydrogens (tertiary/aromatic N) is 1. The minimum atomic E-state index is -4.64. The molecule has 0 amide bonds. The van der Waals surface area contributed by atoms with Crippen LogP contribution in [-0.4, -0.2) is 56.2 Å². The van der Waals surface area contributed by atoms with Crippen molar-refractivity contribution in [1.82, 2.24) is 10.6 Å². The van der Waals surface area contributed by atoms with Crippen LogP contribution in [-0.2, 0) is 4.74 Å². The highest BCUT2D eigenvalue weighted by Gasteiger charge is 2.49. The molecule has 0 radical (unpaired) electrons. The summed E-state index contributed by atoms with van der Waals surface area (Å²) in [6.07, 6.45) is -6.18. The van der Waals surface area contributed by atoms with Gasteiger partial charge in [-0.15, -0.1) is 24.0 Å². The van der Waals surface area contributed by atoms with E-state index in [0.717, 1.165) is 6.42 Å². The lowest BCUT2D eigenvalue weighted by Crippen LogP contribution is -2.63. The molecule has 126 valence electrons. The molecule has 1 saturated carbocycles. The Bertz CT molecular complexity index is 364. The van der Waals surface area contributed by atoms with E-state index in [-0.39, 0.29) is 47.5 Å². The van der Waals surface area contributed by atoms with Gasteiger partial charge in [-0.25, -0.2) is 0 Å². The number of methoxy groups -OCH3 is 1. The van der Waals surface area contributed by atoms with Crippen LogP contribution in [0.4, 0.5) is 13.2 Å². The summed E-state index contributed by atoms with van der Waals surface area (Å²) in [5.74, 6) is 0.237. The summed E-state index contributed by atoms with van der Waals surface area (Å²) >= 11 is 0. The van der Waals surface area contributed by atoms with Crippen molar-refractivity contribution >= 4 is 29.9 Å². The third-order valence-corrected chi connectivity index (χ3v) is 3.84. The first kappa shape index (κ1) is 20.7. The molecule has 0 aromatic carbocycles. The van der Waals surface area contributed by atoms with Crippen LogP contribution in [0.2, 0.25) is 0 Å². The summed E-state index contributed by atoms with van der Waals surface area (Å²) in [6, 6.07) is 0.0571. The van der Waals surface area contributed by atoms with Gasteiger partial charge < -0.3 is 20.5 Å². The average Bonchev–Trinajstić information content (AvgIpc) is 2.35. The van der Waals surface area contributed by atoms with Gasteiger partial charge >= 0.3 is 6.18 Å². The van der Waals surface area contributed by atoms with Crippen LogP contribution in [0.25, 0.3) is 0 Å². The molecule has 0 saturated heterocycles. The minimum Gasteiger partial charge on any atom is -0.382 e. The molecule has 5 nitrogen and oxygen atoms in total. The van der Waals surface area contributed by atoms with E-state index in [2.05, 4.69) is 15.6 Å². The zero-order chi connectivity index (χ0) is 15.6. The van der Waals surface area contributed by atoms with E-state index >= 15 is 0 Å². The van der Waals surface area contributed by atoms with Gasteiger partial charge in [-0.05, 0) is 6.42 Å². The Labute approximate surface area is 139 Å². The minimum absolute atomic E-state index is 0. The van der Waals surface area contributed by atoms with Gasteiger partial charge in [0, 0.05) is 25.6 Å². The molecule has 0 aromatic rings. The maximum atomic E-state index is 12.2. The van der Waals surface area contributed by atoms with Gasteiger partial charge in [0.2, 0.25) is 0 Å². The topological polar surface area (TPSA) is 65.9 Å². The monoisotopic (exact) mass is 425 g/mol. The first-order chi connectivity index (χ1) is 9.12. The molecule has 3 unspecified atom stereocenters. The van der Waals surface area contributed by atoms with Crippen molar-refractivity contribution in [2.75, 3.05) is 20.7 Å². The van der Waals surface area contributed by atoms with E-state index in [9.17, 15) is 13.2 Å². The Balaban J connectivity index is 0.00000400. The highest BCUT2D eigenvalue weighted by atomic mass is 127. The molecular weight excluding hydrogens is 402 g/mol. The molecule has 0 spiro atoms. The molecule has 21 heavy (non-hydrogen) atoms. The molecule has 1 aliphatic carbocycles. The number of nitrogens with one attached hydrogen (secondary N) is 2. The first-order valence-electron chi connectivity index (χ1n) is 6.37. The van der Waals surface area contributed by atoms with Crippen molar-refractivity contribution in [3.63, 3.8) is 0 Å². The average molecular weight is 425 g/mol. The van der Waals surface area contributed by atoms with Crippen molar-refractivity contribution in [3.8, 4) is 0 Å². The van der Waals surface area contributed by atoms with E-state index in [1.165, 1.54) is 7.05 Å². The SMILES string of the molecule is CN=C(NCC(O)C(F)(F)F)NC1CC(OC)C1(C)C.I. The third-order valence-electron chi connectivity index (χ3n) is 3.84. The lowest BCUT2D eigenvalue weighted by atomic mass is 9.64. The Hall–Kier alpha value is -0.290. The smallest absolute Gasteiger partial charge is 0.382 e. The van der Waals surface area contributed by atoms with Crippen LogP contribution in [0, 0.1) is 5.41 Å². The highest BCUT2D eigenvalue weighted by molar-refractivity contribution is 14.0. The maximum absolute atomic E-state index is 12.2. The number of aliphatic imine (C=N–C) groups is 1. The van der Waals surface area contributed by atoms with Gasteiger partial charge in [0.05, 0.1) is 12.6 Å². The number of rotatable bonds is 4. The van der Waals surface area contributed by atoms with E-state index in [0.29, 0.717) is 0 Å². The second-order valence-corrected chi connectivity index (χ2v) is 5.49. The van der Waals surface area contributed by atoms with Crippen LogP contribution in [0.3, 0.4) is 0 Å². The van der Waals surface area contributed by atoms with Crippen molar-refractivity contribution in [2.45, 2.75) is 44.7 Å². The second kappa shape index (κ2) is 7.82. The standard InChI is InChI=1S/C12H22F3N3O2.HI/c1-11(2)7(5-9(11)20-4)18-10(16-3)17-6-8(19)12(13,14)15;/h7-9,19H,5-6H2,1-4H3,(H2,16,17,18);1H. The van der Waals surface area contributed by atoms with Crippen LogP contribution in [0.15, 0.2) is 4.99 Å². The molecule has 0 aliphatic heterocycles. The van der Waals surface area contributed by atoms with Gasteiger partial charge in [-0.1, -0.05) is 13.8 Å². The van der Waals surface area contributed by atoms with Crippen molar-refractivity contribution in [3.05, 3.63) is 0 Å². The summed E-state index contributed by atoms with van der Waals surface area (Å²) in [7, 11) is 3.10. The van der Waals surface area contributed by atoms with Gasteiger partial charge in [0.25, 0.3) is 0 Å². The Morgan fingerprint density at radius 2 is 2.05 bits per heavy atom. The molecule has 9 heteroatoms. The quantitative estimate of drug-likeness (QED) is 0.363. The van der Waals surface area contributed by atoms with Gasteiger partial charge in [-0.3, -0.25) is 4.99 Å². The zero-order valence-electron chi connectivity index (χ0n) is 12.5.